The van der Waals surface area contributed by atoms with Gasteiger partial charge in [0.15, 0.2) is 0 Å². The van der Waals surface area contributed by atoms with E-state index < -0.39 is 0 Å². The Labute approximate surface area is 151 Å². The Bertz CT molecular complexity index is 499. The molecule has 0 N–H and O–H groups in total. The monoisotopic (exact) mass is 351 g/mol. The van der Waals surface area contributed by atoms with Crippen molar-refractivity contribution in [2.75, 3.05) is 0 Å². The van der Waals surface area contributed by atoms with Crippen LogP contribution < -0.4 is 0 Å². The molecular formula is C20H33NO4. The van der Waals surface area contributed by atoms with Crippen LogP contribution in [-0.2, 0) is 19.1 Å². The molecule has 3 atom stereocenters. The first-order chi connectivity index (χ1) is 11.4. The third-order valence-corrected chi connectivity index (χ3v) is 4.63. The highest BCUT2D eigenvalue weighted by atomic mass is 16.5. The highest BCUT2D eigenvalue weighted by molar-refractivity contribution is 6.13. The van der Waals surface area contributed by atoms with Gasteiger partial charge in [-0.15, -0.1) is 0 Å². The SMILES string of the molecule is C[C@@H](C1CC(OC(C)(C)C)CC(OC(C)(C)C)C1)N1C(=O)C=CC1=O. The zero-order chi connectivity index (χ0) is 19.0. The fraction of sp³-hybridized carbons (Fsp3) is 0.800. The maximum atomic E-state index is 12.0. The van der Waals surface area contributed by atoms with Crippen molar-refractivity contribution < 1.29 is 19.1 Å². The number of carbonyl (C=O) groups is 2. The quantitative estimate of drug-likeness (QED) is 0.728. The van der Waals surface area contributed by atoms with Crippen LogP contribution in [0.4, 0.5) is 0 Å². The first-order valence-corrected chi connectivity index (χ1v) is 9.26. The second-order valence-electron chi connectivity index (χ2n) is 9.29. The van der Waals surface area contributed by atoms with E-state index in [0.29, 0.717) is 0 Å². The van der Waals surface area contributed by atoms with Crippen LogP contribution in [-0.4, -0.2) is 46.2 Å². The molecule has 0 saturated heterocycles. The lowest BCUT2D eigenvalue weighted by atomic mass is 9.80. The molecule has 0 aromatic heterocycles. The lowest BCUT2D eigenvalue weighted by molar-refractivity contribution is -0.154. The minimum absolute atomic E-state index is 0.0642. The van der Waals surface area contributed by atoms with Gasteiger partial charge in [-0.25, -0.2) is 0 Å². The van der Waals surface area contributed by atoms with Gasteiger partial charge in [0.1, 0.15) is 0 Å². The summed E-state index contributed by atoms with van der Waals surface area (Å²) in [5.74, 6) is -0.268. The van der Waals surface area contributed by atoms with Gasteiger partial charge in [-0.3, -0.25) is 14.5 Å². The van der Waals surface area contributed by atoms with E-state index in [4.69, 9.17) is 9.47 Å². The van der Waals surface area contributed by atoms with Crippen molar-refractivity contribution in [3.05, 3.63) is 12.2 Å². The number of nitrogens with zero attached hydrogens (tertiary/aromatic N) is 1. The molecule has 0 spiro atoms. The first kappa shape index (κ1) is 20.1. The topological polar surface area (TPSA) is 55.8 Å². The van der Waals surface area contributed by atoms with Crippen molar-refractivity contribution in [1.29, 1.82) is 0 Å². The number of rotatable bonds is 4. The summed E-state index contributed by atoms with van der Waals surface area (Å²) in [4.78, 5) is 25.5. The summed E-state index contributed by atoms with van der Waals surface area (Å²) in [6.07, 6.45) is 5.35. The number of amides is 2. The summed E-state index contributed by atoms with van der Waals surface area (Å²) < 4.78 is 12.5. The van der Waals surface area contributed by atoms with Gasteiger partial charge in [-0.1, -0.05) is 0 Å². The number of imide groups is 1. The van der Waals surface area contributed by atoms with Crippen molar-refractivity contribution in [2.45, 2.75) is 97.2 Å². The molecule has 1 aliphatic heterocycles. The Morgan fingerprint density at radius 1 is 0.880 bits per heavy atom. The van der Waals surface area contributed by atoms with Crippen molar-refractivity contribution in [3.63, 3.8) is 0 Å². The highest BCUT2D eigenvalue weighted by Gasteiger charge is 2.40. The Hall–Kier alpha value is -1.20. The predicted molar refractivity (Wildman–Crippen MR) is 97.0 cm³/mol. The summed E-state index contributed by atoms with van der Waals surface area (Å²) in [6, 6.07) is -0.160. The zero-order valence-corrected chi connectivity index (χ0v) is 16.7. The number of ether oxygens (including phenoxy) is 2. The third-order valence-electron chi connectivity index (χ3n) is 4.63. The highest BCUT2D eigenvalue weighted by Crippen LogP contribution is 2.36. The van der Waals surface area contributed by atoms with Crippen LogP contribution in [0.1, 0.15) is 67.7 Å². The van der Waals surface area contributed by atoms with Gasteiger partial charge < -0.3 is 9.47 Å². The van der Waals surface area contributed by atoms with Crippen LogP contribution in [0.15, 0.2) is 12.2 Å². The molecule has 2 unspecified atom stereocenters. The van der Waals surface area contributed by atoms with E-state index in [-0.39, 0.29) is 47.2 Å². The molecule has 2 rings (SSSR count). The fourth-order valence-corrected chi connectivity index (χ4v) is 3.87. The van der Waals surface area contributed by atoms with Gasteiger partial charge in [0, 0.05) is 18.2 Å². The molecule has 5 heteroatoms. The molecule has 1 saturated carbocycles. The van der Waals surface area contributed by atoms with Crippen LogP contribution in [0, 0.1) is 5.92 Å². The van der Waals surface area contributed by atoms with Gasteiger partial charge in [0.2, 0.25) is 0 Å². The maximum Gasteiger partial charge on any atom is 0.253 e. The minimum Gasteiger partial charge on any atom is -0.373 e. The molecule has 25 heavy (non-hydrogen) atoms. The summed E-state index contributed by atoms with van der Waals surface area (Å²) in [5, 5.41) is 0. The normalized spacial score (nSPS) is 29.4. The van der Waals surface area contributed by atoms with E-state index in [1.165, 1.54) is 17.1 Å². The third kappa shape index (κ3) is 5.65. The second-order valence-corrected chi connectivity index (χ2v) is 9.29. The molecule has 2 aliphatic rings. The Kier molecular flexibility index (Phi) is 5.79. The van der Waals surface area contributed by atoms with Gasteiger partial charge in [-0.05, 0) is 73.6 Å². The van der Waals surface area contributed by atoms with Crippen LogP contribution in [0.5, 0.6) is 0 Å². The fourth-order valence-electron chi connectivity index (χ4n) is 3.87. The van der Waals surface area contributed by atoms with Gasteiger partial charge in [-0.2, -0.15) is 0 Å². The molecule has 142 valence electrons. The average Bonchev–Trinajstić information content (AvgIpc) is 2.73. The van der Waals surface area contributed by atoms with Gasteiger partial charge >= 0.3 is 0 Å². The Morgan fingerprint density at radius 2 is 1.28 bits per heavy atom. The van der Waals surface area contributed by atoms with Crippen molar-refractivity contribution in [2.24, 2.45) is 5.92 Å². The lowest BCUT2D eigenvalue weighted by Gasteiger charge is -2.43. The number of hydrogen-bond acceptors (Lipinski definition) is 4. The molecule has 5 nitrogen and oxygen atoms in total. The first-order valence-electron chi connectivity index (χ1n) is 9.26. The molecule has 1 fully saturated rings. The van der Waals surface area contributed by atoms with E-state index >= 15 is 0 Å². The summed E-state index contributed by atoms with van der Waals surface area (Å²) in [6.45, 7) is 14.3. The summed E-state index contributed by atoms with van der Waals surface area (Å²) in [5.41, 5.74) is -0.466. The largest absolute Gasteiger partial charge is 0.373 e. The smallest absolute Gasteiger partial charge is 0.253 e. The van der Waals surface area contributed by atoms with Crippen LogP contribution in [0.2, 0.25) is 0 Å². The number of hydrogen-bond donors (Lipinski definition) is 0. The molecule has 1 heterocycles. The Morgan fingerprint density at radius 3 is 1.64 bits per heavy atom. The lowest BCUT2D eigenvalue weighted by Crippen LogP contribution is -2.48. The molecule has 2 amide bonds. The van der Waals surface area contributed by atoms with Crippen molar-refractivity contribution in [1.82, 2.24) is 4.90 Å². The zero-order valence-electron chi connectivity index (χ0n) is 16.7. The predicted octanol–water partition coefficient (Wildman–Crippen LogP) is 3.47. The summed E-state index contributed by atoms with van der Waals surface area (Å²) >= 11 is 0. The van der Waals surface area contributed by atoms with Crippen LogP contribution in [0.25, 0.3) is 0 Å². The standard InChI is InChI=1S/C20H33NO4/c1-13(21-17(22)8-9-18(21)23)14-10-15(24-19(2,3)4)12-16(11-14)25-20(5,6)7/h8-9,13-16H,10-12H2,1-7H3/t13-,14?,15?,16?/m0/s1. The number of carbonyl (C=O) groups excluding carboxylic acids is 2. The molecule has 0 aromatic carbocycles. The second kappa shape index (κ2) is 7.20. The molecule has 0 aromatic rings. The maximum absolute atomic E-state index is 12.0. The van der Waals surface area contributed by atoms with Gasteiger partial charge in [0.05, 0.1) is 23.4 Å². The summed E-state index contributed by atoms with van der Waals surface area (Å²) in [7, 11) is 0. The van der Waals surface area contributed by atoms with Crippen LogP contribution in [0.3, 0.4) is 0 Å². The van der Waals surface area contributed by atoms with Crippen molar-refractivity contribution >= 4 is 11.8 Å². The van der Waals surface area contributed by atoms with Crippen LogP contribution >= 0.6 is 0 Å². The minimum atomic E-state index is -0.233. The molecule has 0 radical (unpaired) electrons. The molecular weight excluding hydrogens is 318 g/mol. The average molecular weight is 351 g/mol. The van der Waals surface area contributed by atoms with E-state index in [1.54, 1.807) is 0 Å². The Balaban J connectivity index is 2.14. The van der Waals surface area contributed by atoms with E-state index in [9.17, 15) is 9.59 Å². The molecule has 1 aliphatic carbocycles. The van der Waals surface area contributed by atoms with E-state index in [2.05, 4.69) is 41.5 Å². The van der Waals surface area contributed by atoms with Gasteiger partial charge in [0.25, 0.3) is 11.8 Å². The van der Waals surface area contributed by atoms with E-state index in [1.807, 2.05) is 6.92 Å². The van der Waals surface area contributed by atoms with E-state index in [0.717, 1.165) is 19.3 Å². The molecule has 0 bridgehead atoms. The van der Waals surface area contributed by atoms with Crippen molar-refractivity contribution in [3.8, 4) is 0 Å².